The van der Waals surface area contributed by atoms with Gasteiger partial charge in [0.2, 0.25) is 0 Å². The summed E-state index contributed by atoms with van der Waals surface area (Å²) in [5.41, 5.74) is -0.907. The van der Waals surface area contributed by atoms with E-state index in [9.17, 15) is 9.18 Å². The Morgan fingerprint density at radius 3 is 2.84 bits per heavy atom. The third-order valence-electron chi connectivity index (χ3n) is 2.99. The first-order valence-corrected chi connectivity index (χ1v) is 6.74. The van der Waals surface area contributed by atoms with Crippen LogP contribution in [0.5, 0.6) is 0 Å². The molecule has 102 valence electrons. The highest BCUT2D eigenvalue weighted by atomic mass is 79.9. The molecule has 1 rings (SSSR count). The number of esters is 1. The fraction of sp³-hybridized carbons (Fsp3) is 0.429. The fourth-order valence-electron chi connectivity index (χ4n) is 1.86. The monoisotopic (exact) mass is 327 g/mol. The van der Waals surface area contributed by atoms with Crippen molar-refractivity contribution in [3.05, 3.63) is 34.1 Å². The largest absolute Gasteiger partial charge is 0.465 e. The van der Waals surface area contributed by atoms with Crippen molar-refractivity contribution in [2.45, 2.75) is 32.1 Å². The van der Waals surface area contributed by atoms with Crippen LogP contribution in [0.25, 0.3) is 0 Å². The van der Waals surface area contributed by atoms with Gasteiger partial charge in [-0.15, -0.1) is 0 Å². The second kappa shape index (κ2) is 6.67. The quantitative estimate of drug-likeness (QED) is 0.774. The van der Waals surface area contributed by atoms with Crippen molar-refractivity contribution in [2.75, 3.05) is 6.61 Å². The first-order chi connectivity index (χ1) is 8.95. The second-order valence-corrected chi connectivity index (χ2v) is 5.25. The van der Waals surface area contributed by atoms with E-state index in [-0.39, 0.29) is 25.0 Å². The minimum absolute atomic E-state index is 0.154. The summed E-state index contributed by atoms with van der Waals surface area (Å²) >= 11 is 3.26. The lowest BCUT2D eigenvalue weighted by Crippen LogP contribution is -2.35. The van der Waals surface area contributed by atoms with Crippen LogP contribution in [0, 0.1) is 17.1 Å². The number of halogens is 2. The molecule has 1 atom stereocenters. The van der Waals surface area contributed by atoms with Gasteiger partial charge in [-0.2, -0.15) is 5.26 Å². The normalized spacial score (nSPS) is 13.4. The van der Waals surface area contributed by atoms with Crippen molar-refractivity contribution in [3.63, 3.8) is 0 Å². The zero-order chi connectivity index (χ0) is 14.5. The van der Waals surface area contributed by atoms with Crippen LogP contribution >= 0.6 is 15.9 Å². The lowest BCUT2D eigenvalue weighted by atomic mass is 9.78. The summed E-state index contributed by atoms with van der Waals surface area (Å²) in [4.78, 5) is 12.1. The van der Waals surface area contributed by atoms with Crippen LogP contribution in [0.4, 0.5) is 4.39 Å². The summed E-state index contributed by atoms with van der Waals surface area (Å²) in [5.74, 6) is -0.987. The molecule has 0 bridgehead atoms. The van der Waals surface area contributed by atoms with Gasteiger partial charge < -0.3 is 4.74 Å². The molecule has 0 aliphatic carbocycles. The summed E-state index contributed by atoms with van der Waals surface area (Å²) in [6.07, 6.45) is 0.372. The van der Waals surface area contributed by atoms with Crippen LogP contribution in [-0.2, 0) is 14.9 Å². The molecule has 0 aliphatic heterocycles. The van der Waals surface area contributed by atoms with Crippen molar-refractivity contribution in [1.29, 1.82) is 5.26 Å². The van der Waals surface area contributed by atoms with Gasteiger partial charge in [0.1, 0.15) is 5.82 Å². The molecule has 0 amide bonds. The fourth-order valence-corrected chi connectivity index (χ4v) is 2.22. The van der Waals surface area contributed by atoms with Gasteiger partial charge in [-0.25, -0.2) is 4.39 Å². The van der Waals surface area contributed by atoms with E-state index in [0.29, 0.717) is 4.47 Å². The summed E-state index contributed by atoms with van der Waals surface area (Å²) < 4.78 is 19.7. The van der Waals surface area contributed by atoms with Gasteiger partial charge in [0.05, 0.1) is 18.1 Å². The zero-order valence-corrected chi connectivity index (χ0v) is 12.5. The summed E-state index contributed by atoms with van der Waals surface area (Å²) in [7, 11) is 0. The van der Waals surface area contributed by atoms with E-state index >= 15 is 0 Å². The minimum atomic E-state index is -1.15. The van der Waals surface area contributed by atoms with Gasteiger partial charge in [-0.3, -0.25) is 4.79 Å². The van der Waals surface area contributed by atoms with Crippen LogP contribution in [0.2, 0.25) is 0 Å². The molecule has 1 unspecified atom stereocenters. The number of nitrogens with zero attached hydrogens (tertiary/aromatic N) is 1. The molecule has 0 fully saturated rings. The molecule has 0 aromatic heterocycles. The number of hydrogen-bond acceptors (Lipinski definition) is 3. The summed E-state index contributed by atoms with van der Waals surface area (Å²) in [6.45, 7) is 3.52. The van der Waals surface area contributed by atoms with E-state index in [1.807, 2.05) is 6.07 Å². The number of ether oxygens (including phenoxy) is 1. The van der Waals surface area contributed by atoms with Crippen molar-refractivity contribution >= 4 is 21.9 Å². The van der Waals surface area contributed by atoms with Crippen molar-refractivity contribution in [3.8, 4) is 6.07 Å². The molecule has 1 aromatic carbocycles. The molecular weight excluding hydrogens is 313 g/mol. The molecule has 0 saturated heterocycles. The lowest BCUT2D eigenvalue weighted by molar-refractivity contribution is -0.149. The Balaban J connectivity index is 3.26. The average molecular weight is 328 g/mol. The molecule has 1 aromatic rings. The maximum absolute atomic E-state index is 14.0. The molecule has 5 heteroatoms. The van der Waals surface area contributed by atoms with E-state index in [1.165, 1.54) is 6.07 Å². The third kappa shape index (κ3) is 3.54. The molecular formula is C14H15BrFNO2. The molecule has 0 aliphatic rings. The second-order valence-electron chi connectivity index (χ2n) is 4.33. The average Bonchev–Trinajstić information content (AvgIpc) is 2.39. The highest BCUT2D eigenvalue weighted by Crippen LogP contribution is 2.34. The van der Waals surface area contributed by atoms with E-state index < -0.39 is 17.2 Å². The lowest BCUT2D eigenvalue weighted by Gasteiger charge is -2.27. The van der Waals surface area contributed by atoms with Crippen LogP contribution in [-0.4, -0.2) is 12.6 Å². The number of hydrogen-bond donors (Lipinski definition) is 0. The van der Waals surface area contributed by atoms with Gasteiger partial charge >= 0.3 is 5.97 Å². The topological polar surface area (TPSA) is 50.1 Å². The number of benzene rings is 1. The number of carbonyl (C=O) groups is 1. The Morgan fingerprint density at radius 1 is 1.58 bits per heavy atom. The molecule has 0 radical (unpaired) electrons. The predicted molar refractivity (Wildman–Crippen MR) is 72.9 cm³/mol. The molecule has 3 nitrogen and oxygen atoms in total. The molecule has 0 spiro atoms. The molecule has 0 N–H and O–H groups in total. The Morgan fingerprint density at radius 2 is 2.26 bits per heavy atom. The Kier molecular flexibility index (Phi) is 5.49. The Bertz CT molecular complexity index is 513. The van der Waals surface area contributed by atoms with Gasteiger partial charge in [0.25, 0.3) is 0 Å². The summed E-state index contributed by atoms with van der Waals surface area (Å²) in [6, 6.07) is 6.40. The van der Waals surface area contributed by atoms with Crippen molar-refractivity contribution < 1.29 is 13.9 Å². The Hall–Kier alpha value is -1.41. The molecule has 0 saturated carbocycles. The molecule has 0 heterocycles. The summed E-state index contributed by atoms with van der Waals surface area (Å²) in [5, 5.41) is 8.71. The third-order valence-corrected chi connectivity index (χ3v) is 3.48. The van der Waals surface area contributed by atoms with E-state index in [1.54, 1.807) is 26.0 Å². The highest BCUT2D eigenvalue weighted by Gasteiger charge is 2.38. The zero-order valence-electron chi connectivity index (χ0n) is 10.9. The van der Waals surface area contributed by atoms with Gasteiger partial charge in [0.15, 0.2) is 0 Å². The van der Waals surface area contributed by atoms with Crippen LogP contribution in [0.1, 0.15) is 32.3 Å². The van der Waals surface area contributed by atoms with Crippen LogP contribution in [0.15, 0.2) is 22.7 Å². The van der Waals surface area contributed by atoms with Crippen molar-refractivity contribution in [2.24, 2.45) is 0 Å². The van der Waals surface area contributed by atoms with E-state index in [4.69, 9.17) is 10.00 Å². The van der Waals surface area contributed by atoms with Crippen molar-refractivity contribution in [1.82, 2.24) is 0 Å². The first-order valence-electron chi connectivity index (χ1n) is 5.95. The SMILES string of the molecule is CCOC(=O)C(C)(CCC#N)c1cc(Br)ccc1F. The maximum Gasteiger partial charge on any atom is 0.316 e. The van der Waals surface area contributed by atoms with Crippen LogP contribution in [0.3, 0.4) is 0 Å². The smallest absolute Gasteiger partial charge is 0.316 e. The predicted octanol–water partition coefficient (Wildman–Crippen LogP) is 3.71. The standard InChI is InChI=1S/C14H15BrFNO2/c1-3-19-13(18)14(2,7-4-8-17)11-9-10(15)5-6-12(11)16/h5-6,9H,3-4,7H2,1-2H3. The molecule has 19 heavy (non-hydrogen) atoms. The maximum atomic E-state index is 14.0. The van der Waals surface area contributed by atoms with E-state index in [2.05, 4.69) is 15.9 Å². The highest BCUT2D eigenvalue weighted by molar-refractivity contribution is 9.10. The number of rotatable bonds is 5. The van der Waals surface area contributed by atoms with Gasteiger partial charge in [0, 0.05) is 16.5 Å². The van der Waals surface area contributed by atoms with Crippen LogP contribution < -0.4 is 0 Å². The first kappa shape index (κ1) is 15.6. The van der Waals surface area contributed by atoms with E-state index in [0.717, 1.165) is 0 Å². The number of carbonyl (C=O) groups excluding carboxylic acids is 1. The van der Waals surface area contributed by atoms with Gasteiger partial charge in [-0.1, -0.05) is 15.9 Å². The number of nitriles is 1. The Labute approximate surface area is 120 Å². The minimum Gasteiger partial charge on any atom is -0.465 e. The van der Waals surface area contributed by atoms with Gasteiger partial charge in [-0.05, 0) is 38.5 Å².